The van der Waals surface area contributed by atoms with Crippen molar-refractivity contribution in [2.24, 2.45) is 0 Å². The normalized spacial score (nSPS) is 11.7. The summed E-state index contributed by atoms with van der Waals surface area (Å²) in [7, 11) is 1.43. The van der Waals surface area contributed by atoms with E-state index in [9.17, 15) is 18.0 Å². The van der Waals surface area contributed by atoms with Crippen molar-refractivity contribution < 1.29 is 22.7 Å². The van der Waals surface area contributed by atoms with Gasteiger partial charge >= 0.3 is 6.18 Å². The number of alkyl halides is 3. The van der Waals surface area contributed by atoms with Crippen LogP contribution >= 0.6 is 11.3 Å². The number of nitrogens with one attached hydrogen (secondary N) is 1. The van der Waals surface area contributed by atoms with Crippen molar-refractivity contribution in [2.45, 2.75) is 6.18 Å². The number of methoxy groups -OCH3 is 1. The van der Waals surface area contributed by atoms with Gasteiger partial charge in [-0.05, 0) is 12.1 Å². The molecule has 0 unspecified atom stereocenters. The van der Waals surface area contributed by atoms with Crippen LogP contribution < -0.4 is 10.1 Å². The minimum Gasteiger partial charge on any atom is -0.496 e. The zero-order valence-corrected chi connectivity index (χ0v) is 12.9. The molecule has 2 rings (SSSR count). The van der Waals surface area contributed by atoms with Crippen LogP contribution in [0.4, 0.5) is 18.3 Å². The van der Waals surface area contributed by atoms with Gasteiger partial charge in [-0.25, -0.2) is 0 Å². The maximum Gasteiger partial charge on any atom is 0.445 e. The number of amides is 1. The molecule has 1 N–H and O–H groups in total. The molecule has 124 valence electrons. The number of carbonyl (C=O) groups is 1. The molecule has 0 atom stereocenters. The van der Waals surface area contributed by atoms with Gasteiger partial charge in [-0.1, -0.05) is 29.5 Å². The third-order valence-electron chi connectivity index (χ3n) is 2.69. The Kier molecular flexibility index (Phi) is 5.15. The highest BCUT2D eigenvalue weighted by atomic mass is 32.1. The van der Waals surface area contributed by atoms with Gasteiger partial charge in [0.2, 0.25) is 10.1 Å². The third-order valence-corrected chi connectivity index (χ3v) is 3.58. The highest BCUT2D eigenvalue weighted by Crippen LogP contribution is 2.33. The SMILES string of the molecule is COc1ccccc1/C=C(/C#N)C(=O)Nc1nnc(C(F)(F)F)s1. The maximum atomic E-state index is 12.5. The molecule has 10 heteroatoms. The minimum absolute atomic E-state index is 0.170. The fourth-order valence-corrected chi connectivity index (χ4v) is 2.25. The number of halogens is 3. The second-order valence-corrected chi connectivity index (χ2v) is 5.25. The molecule has 24 heavy (non-hydrogen) atoms. The first-order valence-electron chi connectivity index (χ1n) is 6.32. The Morgan fingerprint density at radius 1 is 1.38 bits per heavy atom. The average Bonchev–Trinajstić information content (AvgIpc) is 3.01. The van der Waals surface area contributed by atoms with Gasteiger partial charge in [0, 0.05) is 5.56 Å². The van der Waals surface area contributed by atoms with Crippen LogP contribution in [0.25, 0.3) is 6.08 Å². The highest BCUT2D eigenvalue weighted by molar-refractivity contribution is 7.15. The van der Waals surface area contributed by atoms with E-state index in [0.717, 1.165) is 0 Å². The van der Waals surface area contributed by atoms with Crippen LogP contribution in [-0.2, 0) is 11.0 Å². The summed E-state index contributed by atoms with van der Waals surface area (Å²) in [6, 6.07) is 8.34. The van der Waals surface area contributed by atoms with Crippen LogP contribution in [0, 0.1) is 11.3 Å². The number of carbonyl (C=O) groups excluding carboxylic acids is 1. The average molecular weight is 354 g/mol. The Labute approximate surface area is 138 Å². The van der Waals surface area contributed by atoms with Gasteiger partial charge in [-0.15, -0.1) is 10.2 Å². The Hall–Kier alpha value is -2.93. The summed E-state index contributed by atoms with van der Waals surface area (Å²) in [6.45, 7) is 0. The lowest BCUT2D eigenvalue weighted by Gasteiger charge is -2.04. The van der Waals surface area contributed by atoms with Crippen LogP contribution in [-0.4, -0.2) is 23.2 Å². The van der Waals surface area contributed by atoms with Gasteiger partial charge in [-0.2, -0.15) is 18.4 Å². The summed E-state index contributed by atoms with van der Waals surface area (Å²) >= 11 is 0.170. The van der Waals surface area contributed by atoms with Crippen molar-refractivity contribution in [3.63, 3.8) is 0 Å². The lowest BCUT2D eigenvalue weighted by atomic mass is 10.1. The number of hydrogen-bond acceptors (Lipinski definition) is 6. The molecule has 2 aromatic rings. The van der Waals surface area contributed by atoms with Crippen molar-refractivity contribution in [1.29, 1.82) is 5.26 Å². The Bertz CT molecular complexity index is 824. The molecule has 0 aliphatic carbocycles. The number of benzene rings is 1. The summed E-state index contributed by atoms with van der Waals surface area (Å²) in [6.07, 6.45) is -3.38. The summed E-state index contributed by atoms with van der Waals surface area (Å²) in [4.78, 5) is 12.0. The van der Waals surface area contributed by atoms with Crippen molar-refractivity contribution in [3.05, 3.63) is 40.4 Å². The van der Waals surface area contributed by atoms with Crippen molar-refractivity contribution in [3.8, 4) is 11.8 Å². The van der Waals surface area contributed by atoms with E-state index < -0.39 is 17.1 Å². The van der Waals surface area contributed by atoms with Crippen LogP contribution in [0.15, 0.2) is 29.8 Å². The van der Waals surface area contributed by atoms with E-state index >= 15 is 0 Å². The predicted octanol–water partition coefficient (Wildman–Crippen LogP) is 3.11. The topological polar surface area (TPSA) is 87.9 Å². The van der Waals surface area contributed by atoms with Crippen LogP contribution in [0.2, 0.25) is 0 Å². The van der Waals surface area contributed by atoms with E-state index in [-0.39, 0.29) is 22.0 Å². The number of nitrogens with zero attached hydrogens (tertiary/aromatic N) is 3. The quantitative estimate of drug-likeness (QED) is 0.673. The molecule has 0 saturated carbocycles. The maximum absolute atomic E-state index is 12.5. The van der Waals surface area contributed by atoms with E-state index in [0.29, 0.717) is 11.3 Å². The van der Waals surface area contributed by atoms with Gasteiger partial charge in [0.05, 0.1) is 7.11 Å². The van der Waals surface area contributed by atoms with E-state index in [1.54, 1.807) is 30.3 Å². The second kappa shape index (κ2) is 7.10. The smallest absolute Gasteiger partial charge is 0.445 e. The zero-order valence-electron chi connectivity index (χ0n) is 12.1. The molecular weight excluding hydrogens is 345 g/mol. The first kappa shape index (κ1) is 17.4. The Morgan fingerprint density at radius 3 is 2.67 bits per heavy atom. The van der Waals surface area contributed by atoms with E-state index in [1.165, 1.54) is 13.2 Å². The Morgan fingerprint density at radius 2 is 2.08 bits per heavy atom. The van der Waals surface area contributed by atoms with E-state index in [2.05, 4.69) is 15.5 Å². The number of ether oxygens (including phenoxy) is 1. The summed E-state index contributed by atoms with van der Waals surface area (Å²) in [5.41, 5.74) is 0.156. The molecule has 0 bridgehead atoms. The molecule has 0 saturated heterocycles. The predicted molar refractivity (Wildman–Crippen MR) is 80.1 cm³/mol. The molecule has 0 spiro atoms. The Balaban J connectivity index is 2.22. The zero-order chi connectivity index (χ0) is 17.7. The summed E-state index contributed by atoms with van der Waals surface area (Å²) < 4.78 is 42.5. The fourth-order valence-electron chi connectivity index (χ4n) is 1.64. The number of aromatic nitrogens is 2. The molecule has 0 radical (unpaired) electrons. The van der Waals surface area contributed by atoms with Crippen molar-refractivity contribution >= 4 is 28.5 Å². The standard InChI is InChI=1S/C14H9F3N4O2S/c1-23-10-5-3-2-4-8(10)6-9(7-18)11(22)19-13-21-20-12(24-13)14(15,16)17/h2-6H,1H3,(H,19,21,22)/b9-6-. The van der Waals surface area contributed by atoms with Gasteiger partial charge < -0.3 is 4.74 Å². The van der Waals surface area contributed by atoms with Gasteiger partial charge in [0.15, 0.2) is 0 Å². The number of rotatable bonds is 4. The molecule has 0 aliphatic rings. The molecule has 1 heterocycles. The first-order valence-corrected chi connectivity index (χ1v) is 7.13. The number of anilines is 1. The van der Waals surface area contributed by atoms with Crippen molar-refractivity contribution in [2.75, 3.05) is 12.4 Å². The van der Waals surface area contributed by atoms with Gasteiger partial charge in [0.25, 0.3) is 5.91 Å². The van der Waals surface area contributed by atoms with E-state index in [4.69, 9.17) is 10.00 Å². The molecule has 1 aromatic heterocycles. The van der Waals surface area contributed by atoms with Gasteiger partial charge in [-0.3, -0.25) is 10.1 Å². The van der Waals surface area contributed by atoms with Gasteiger partial charge in [0.1, 0.15) is 17.4 Å². The molecule has 6 nitrogen and oxygen atoms in total. The van der Waals surface area contributed by atoms with E-state index in [1.807, 2.05) is 0 Å². The molecule has 0 fully saturated rings. The number of para-hydroxylation sites is 1. The molecule has 1 amide bonds. The van der Waals surface area contributed by atoms with Crippen LogP contribution in [0.3, 0.4) is 0 Å². The molecule has 1 aromatic carbocycles. The summed E-state index contributed by atoms with van der Waals surface area (Å²) in [5, 5.41) is 15.9. The lowest BCUT2D eigenvalue weighted by molar-refractivity contribution is -0.138. The molecule has 0 aliphatic heterocycles. The van der Waals surface area contributed by atoms with Crippen LogP contribution in [0.5, 0.6) is 5.75 Å². The monoisotopic (exact) mass is 354 g/mol. The highest BCUT2D eigenvalue weighted by Gasteiger charge is 2.35. The molecular formula is C14H9F3N4O2S. The lowest BCUT2D eigenvalue weighted by Crippen LogP contribution is -2.13. The first-order chi connectivity index (χ1) is 11.3. The minimum atomic E-state index is -4.65. The van der Waals surface area contributed by atoms with Crippen molar-refractivity contribution in [1.82, 2.24) is 10.2 Å². The third kappa shape index (κ3) is 4.08. The summed E-state index contributed by atoms with van der Waals surface area (Å²) in [5.74, 6) is -0.457. The number of nitriles is 1. The fraction of sp³-hybridized carbons (Fsp3) is 0.143. The number of hydrogen-bond donors (Lipinski definition) is 1. The second-order valence-electron chi connectivity index (χ2n) is 4.28. The van der Waals surface area contributed by atoms with Crippen LogP contribution in [0.1, 0.15) is 10.6 Å². The largest absolute Gasteiger partial charge is 0.496 e.